The van der Waals surface area contributed by atoms with Gasteiger partial charge >= 0.3 is 0 Å². The topological polar surface area (TPSA) is 41.8 Å². The lowest BCUT2D eigenvalue weighted by atomic mass is 9.93. The van der Waals surface area contributed by atoms with Crippen molar-refractivity contribution in [3.05, 3.63) is 35.4 Å². The number of nitrogens with zero attached hydrogens (tertiary/aromatic N) is 1. The monoisotopic (exact) mass is 335 g/mol. The van der Waals surface area contributed by atoms with Crippen LogP contribution in [-0.4, -0.2) is 29.7 Å². The number of rotatable bonds is 11. The molecule has 0 saturated heterocycles. The standard InChI is InChI=1S/C21H33NO2/c1-3-4-5-6-7-8-9-19-10-12-20(13-11-19)14-15-21(16-23)17-24-18(2)22-21/h10-13,23H,3-9,14-17H2,1-2H3/i16D2,17D2. The van der Waals surface area contributed by atoms with Gasteiger partial charge in [0, 0.05) is 6.92 Å². The molecule has 0 fully saturated rings. The van der Waals surface area contributed by atoms with Crippen LogP contribution in [0, 0.1) is 0 Å². The number of benzene rings is 1. The third kappa shape index (κ3) is 5.94. The molecule has 1 aliphatic rings. The Morgan fingerprint density at radius 2 is 1.75 bits per heavy atom. The molecule has 0 radical (unpaired) electrons. The number of unbranched alkanes of at least 4 members (excludes halogenated alkanes) is 5. The molecule has 1 unspecified atom stereocenters. The van der Waals surface area contributed by atoms with Crippen LogP contribution >= 0.6 is 0 Å². The number of hydrogen-bond donors (Lipinski definition) is 1. The molecule has 1 aromatic carbocycles. The lowest BCUT2D eigenvalue weighted by molar-refractivity contribution is 0.150. The van der Waals surface area contributed by atoms with Gasteiger partial charge in [-0.05, 0) is 36.8 Å². The summed E-state index contributed by atoms with van der Waals surface area (Å²) >= 11 is 0. The van der Waals surface area contributed by atoms with Gasteiger partial charge in [0.1, 0.15) is 12.1 Å². The fourth-order valence-corrected chi connectivity index (χ4v) is 2.99. The summed E-state index contributed by atoms with van der Waals surface area (Å²) in [6, 6.07) is 8.15. The lowest BCUT2D eigenvalue weighted by Crippen LogP contribution is -2.33. The maximum absolute atomic E-state index is 10.0. The summed E-state index contributed by atoms with van der Waals surface area (Å²) in [5.74, 6) is 0.0530. The highest BCUT2D eigenvalue weighted by atomic mass is 16.5. The first-order valence-corrected chi connectivity index (χ1v) is 9.17. The molecule has 134 valence electrons. The highest BCUT2D eigenvalue weighted by molar-refractivity contribution is 5.75. The van der Waals surface area contributed by atoms with Crippen LogP contribution in [0.3, 0.4) is 0 Å². The van der Waals surface area contributed by atoms with Gasteiger partial charge in [-0.15, -0.1) is 0 Å². The van der Waals surface area contributed by atoms with E-state index in [9.17, 15) is 5.11 Å². The minimum atomic E-state index is -2.83. The zero-order valence-corrected chi connectivity index (χ0v) is 15.0. The molecule has 1 atom stereocenters. The van der Waals surface area contributed by atoms with Crippen molar-refractivity contribution in [2.45, 2.75) is 77.2 Å². The van der Waals surface area contributed by atoms with Gasteiger partial charge in [-0.3, -0.25) is 0 Å². The van der Waals surface area contributed by atoms with Crippen molar-refractivity contribution >= 4 is 5.90 Å². The Balaban J connectivity index is 1.93. The predicted molar refractivity (Wildman–Crippen MR) is 101 cm³/mol. The van der Waals surface area contributed by atoms with Gasteiger partial charge in [0.05, 0.1) is 12.0 Å². The van der Waals surface area contributed by atoms with E-state index in [1.54, 1.807) is 0 Å². The molecule has 1 heterocycles. The predicted octanol–water partition coefficient (Wildman–Crippen LogP) is 4.70. The highest BCUT2D eigenvalue weighted by Gasteiger charge is 2.34. The van der Waals surface area contributed by atoms with E-state index in [4.69, 9.17) is 10.2 Å². The van der Waals surface area contributed by atoms with Crippen LogP contribution in [0.1, 0.15) is 75.4 Å². The Hall–Kier alpha value is -1.35. The third-order valence-electron chi connectivity index (χ3n) is 4.52. The maximum Gasteiger partial charge on any atom is 0.180 e. The van der Waals surface area contributed by atoms with Crippen molar-refractivity contribution in [1.82, 2.24) is 0 Å². The summed E-state index contributed by atoms with van der Waals surface area (Å²) < 4.78 is 36.7. The Morgan fingerprint density at radius 1 is 1.12 bits per heavy atom. The second-order valence-electron chi connectivity index (χ2n) is 6.64. The largest absolute Gasteiger partial charge is 0.479 e. The highest BCUT2D eigenvalue weighted by Crippen LogP contribution is 2.24. The van der Waals surface area contributed by atoms with Crippen molar-refractivity contribution in [2.75, 3.05) is 13.1 Å². The smallest absolute Gasteiger partial charge is 0.180 e. The SMILES string of the molecule is [2H]C([2H])(O)C1(CCc2ccc(CCCCCCCC)cc2)N=C(C)OC1([2H])[2H]. The van der Waals surface area contributed by atoms with Crippen LogP contribution in [-0.2, 0) is 17.6 Å². The summed E-state index contributed by atoms with van der Waals surface area (Å²) in [5.41, 5.74) is 0.270. The fourth-order valence-electron chi connectivity index (χ4n) is 2.99. The van der Waals surface area contributed by atoms with Crippen molar-refractivity contribution in [2.24, 2.45) is 4.99 Å². The number of hydrogen-bond acceptors (Lipinski definition) is 3. The number of aliphatic imine (C=N–C) groups is 1. The first-order chi connectivity index (χ1) is 13.1. The molecule has 0 spiro atoms. The van der Waals surface area contributed by atoms with E-state index >= 15 is 0 Å². The minimum Gasteiger partial charge on any atom is -0.479 e. The maximum atomic E-state index is 10.0. The van der Waals surface area contributed by atoms with Crippen LogP contribution in [0.15, 0.2) is 29.3 Å². The van der Waals surface area contributed by atoms with Crippen molar-refractivity contribution < 1.29 is 15.3 Å². The van der Waals surface area contributed by atoms with Gasteiger partial charge in [-0.25, -0.2) is 4.99 Å². The molecule has 0 aliphatic carbocycles. The van der Waals surface area contributed by atoms with Gasteiger partial charge in [0.25, 0.3) is 0 Å². The number of aryl methyl sites for hydroxylation is 2. The molecule has 1 aromatic rings. The summed E-state index contributed by atoms with van der Waals surface area (Å²) in [5, 5.41) is 10.0. The van der Waals surface area contributed by atoms with E-state index in [0.717, 1.165) is 12.0 Å². The molecular formula is C21H33NO2. The molecular weight excluding hydrogens is 298 g/mol. The molecule has 0 saturated carbocycles. The average molecular weight is 336 g/mol. The van der Waals surface area contributed by atoms with Gasteiger partial charge in [0.15, 0.2) is 5.90 Å². The van der Waals surface area contributed by atoms with Crippen LogP contribution in [0.2, 0.25) is 0 Å². The average Bonchev–Trinajstić information content (AvgIpc) is 2.86. The zero-order chi connectivity index (χ0) is 20.8. The normalized spacial score (nSPS) is 25.2. The number of ether oxygens (including phenoxy) is 1. The van der Waals surface area contributed by atoms with E-state index in [-0.39, 0.29) is 12.3 Å². The van der Waals surface area contributed by atoms with E-state index in [1.165, 1.54) is 51.0 Å². The van der Waals surface area contributed by atoms with Crippen LogP contribution < -0.4 is 0 Å². The zero-order valence-electron chi connectivity index (χ0n) is 19.0. The van der Waals surface area contributed by atoms with E-state index < -0.39 is 18.7 Å². The van der Waals surface area contributed by atoms with Crippen molar-refractivity contribution in [1.29, 1.82) is 0 Å². The Labute approximate surface area is 152 Å². The lowest BCUT2D eigenvalue weighted by Gasteiger charge is -2.21. The summed E-state index contributed by atoms with van der Waals surface area (Å²) in [7, 11) is 0. The van der Waals surface area contributed by atoms with Gasteiger partial charge in [0.2, 0.25) is 0 Å². The molecule has 0 amide bonds. The van der Waals surface area contributed by atoms with Crippen LogP contribution in [0.4, 0.5) is 0 Å². The van der Waals surface area contributed by atoms with Crippen LogP contribution in [0.5, 0.6) is 0 Å². The van der Waals surface area contributed by atoms with E-state index in [0.29, 0.717) is 6.42 Å². The Kier molecular flexibility index (Phi) is 5.69. The molecule has 0 bridgehead atoms. The Bertz CT molecular complexity index is 655. The van der Waals surface area contributed by atoms with Crippen molar-refractivity contribution in [3.63, 3.8) is 0 Å². The summed E-state index contributed by atoms with van der Waals surface area (Å²) in [6.45, 7) is -1.53. The third-order valence-corrected chi connectivity index (χ3v) is 4.52. The molecule has 0 aromatic heterocycles. The fraction of sp³-hybridized carbons (Fsp3) is 0.667. The summed E-state index contributed by atoms with van der Waals surface area (Å²) in [4.78, 5) is 4.04. The molecule has 3 heteroatoms. The Morgan fingerprint density at radius 3 is 2.33 bits per heavy atom. The molecule has 3 nitrogen and oxygen atoms in total. The first kappa shape index (κ1) is 13.9. The van der Waals surface area contributed by atoms with Gasteiger partial charge < -0.3 is 9.84 Å². The molecule has 1 N–H and O–H groups in total. The van der Waals surface area contributed by atoms with Crippen LogP contribution in [0.25, 0.3) is 0 Å². The first-order valence-electron chi connectivity index (χ1n) is 11.2. The van der Waals surface area contributed by atoms with Gasteiger partial charge in [-0.2, -0.15) is 0 Å². The minimum absolute atomic E-state index is 0.0115. The van der Waals surface area contributed by atoms with E-state index in [1.807, 2.05) is 12.1 Å². The molecule has 1 aliphatic heterocycles. The number of aliphatic hydroxyl groups is 1. The second-order valence-corrected chi connectivity index (χ2v) is 6.64. The molecule has 2 rings (SSSR count). The van der Waals surface area contributed by atoms with E-state index in [2.05, 4.69) is 24.0 Å². The molecule has 24 heavy (non-hydrogen) atoms. The van der Waals surface area contributed by atoms with Gasteiger partial charge in [-0.1, -0.05) is 63.3 Å². The van der Waals surface area contributed by atoms with Crippen molar-refractivity contribution in [3.8, 4) is 0 Å². The quantitative estimate of drug-likeness (QED) is 0.595. The summed E-state index contributed by atoms with van der Waals surface area (Å²) in [6.07, 6.45) is 9.08. The second kappa shape index (κ2) is 9.83.